The second-order valence-electron chi connectivity index (χ2n) is 9.32. The van der Waals surface area contributed by atoms with Crippen LogP contribution in [0.15, 0.2) is 32.3 Å². The minimum atomic E-state index is -1.63. The van der Waals surface area contributed by atoms with Crippen molar-refractivity contribution < 1.29 is 34.3 Å². The van der Waals surface area contributed by atoms with E-state index in [0.29, 0.717) is 0 Å². The molecule has 11 atom stereocenters. The normalized spacial score (nSPS) is 39.9. The second kappa shape index (κ2) is 13.5. The fourth-order valence-electron chi connectivity index (χ4n) is 4.86. The molecular weight excluding hydrogens is 522 g/mol. The summed E-state index contributed by atoms with van der Waals surface area (Å²) in [6, 6.07) is -3.91. The van der Waals surface area contributed by atoms with E-state index in [1.165, 1.54) is 14.0 Å². The molecule has 0 unspecified atom stereocenters. The summed E-state index contributed by atoms with van der Waals surface area (Å²) in [5.74, 6) is 0.233. The Kier molecular flexibility index (Phi) is 10.4. The number of aliphatic hydroxyl groups is 3. The summed E-state index contributed by atoms with van der Waals surface area (Å²) < 4.78 is 23.1. The summed E-state index contributed by atoms with van der Waals surface area (Å²) in [7, 11) is 1.53. The third-order valence-corrected chi connectivity index (χ3v) is 6.70. The van der Waals surface area contributed by atoms with Crippen molar-refractivity contribution in [3.63, 3.8) is 0 Å². The molecule has 212 valence electrons. The molecule has 1 aliphatic carbocycles. The number of rotatable bonds is 10. The molecule has 2 aliphatic heterocycles. The first-order valence-corrected chi connectivity index (χ1v) is 11.9. The van der Waals surface area contributed by atoms with Crippen LogP contribution in [0.4, 0.5) is 0 Å². The van der Waals surface area contributed by atoms with Crippen LogP contribution in [-0.4, -0.2) is 102 Å². The molecule has 0 bridgehead atoms. The van der Waals surface area contributed by atoms with Crippen LogP contribution < -0.4 is 5.32 Å². The van der Waals surface area contributed by atoms with E-state index in [9.17, 15) is 15.3 Å². The first-order chi connectivity index (χ1) is 18.7. The van der Waals surface area contributed by atoms with E-state index in [1.54, 1.807) is 6.08 Å². The Morgan fingerprint density at radius 3 is 2.13 bits per heavy atom. The zero-order valence-corrected chi connectivity index (χ0v) is 21.0. The van der Waals surface area contributed by atoms with Crippen molar-refractivity contribution in [2.24, 2.45) is 20.5 Å². The van der Waals surface area contributed by atoms with Crippen LogP contribution in [0.2, 0.25) is 0 Å². The van der Waals surface area contributed by atoms with E-state index in [0.717, 1.165) is 0 Å². The van der Waals surface area contributed by atoms with Gasteiger partial charge in [0, 0.05) is 19.6 Å². The minimum Gasteiger partial charge on any atom is -0.469 e. The summed E-state index contributed by atoms with van der Waals surface area (Å²) in [6.07, 6.45) is -6.69. The van der Waals surface area contributed by atoms with Gasteiger partial charge < -0.3 is 39.6 Å². The van der Waals surface area contributed by atoms with Crippen molar-refractivity contribution in [1.29, 1.82) is 0 Å². The number of azide groups is 4. The molecule has 1 saturated carbocycles. The summed E-state index contributed by atoms with van der Waals surface area (Å²) in [5.41, 5.74) is 34.4. The SMILES string of the molecule is CN[C@@H]1[C@@H](O)[C@@H](O[C@@H]2[C@@H](O)[C@H](O[C@H]3OC(CN=[N+]=[N-])=CC[C@H]3N=[N+]=[N-])[C@@H](N=[N+]=[N-])C[C@H]2N=[N+]=[N-])OC[C@]1(C)O. The van der Waals surface area contributed by atoms with Gasteiger partial charge in [-0.25, -0.2) is 0 Å². The molecule has 0 aromatic rings. The highest BCUT2D eigenvalue weighted by Gasteiger charge is 2.51. The summed E-state index contributed by atoms with van der Waals surface area (Å²) in [5, 5.41) is 49.9. The molecule has 0 amide bonds. The molecule has 3 aliphatic rings. The van der Waals surface area contributed by atoms with Crippen LogP contribution in [0.3, 0.4) is 0 Å². The molecule has 0 spiro atoms. The lowest BCUT2D eigenvalue weighted by molar-refractivity contribution is -0.302. The number of hydrogen-bond donors (Lipinski definition) is 4. The first kappa shape index (κ1) is 30.0. The van der Waals surface area contributed by atoms with Gasteiger partial charge in [-0.1, -0.05) is 20.5 Å². The summed E-state index contributed by atoms with van der Waals surface area (Å²) in [4.78, 5) is 11.1. The highest BCUT2D eigenvalue weighted by atomic mass is 16.7. The number of ether oxygens (including phenoxy) is 4. The smallest absolute Gasteiger partial charge is 0.208 e. The highest BCUT2D eigenvalue weighted by molar-refractivity contribution is 5.06. The van der Waals surface area contributed by atoms with E-state index in [1.807, 2.05) is 0 Å². The fraction of sp³-hybridized carbons (Fsp3) is 0.895. The van der Waals surface area contributed by atoms with E-state index < -0.39 is 66.8 Å². The van der Waals surface area contributed by atoms with Crippen LogP contribution in [0.25, 0.3) is 41.8 Å². The molecule has 0 aromatic carbocycles. The van der Waals surface area contributed by atoms with Gasteiger partial charge in [0.2, 0.25) is 6.29 Å². The van der Waals surface area contributed by atoms with Crippen LogP contribution >= 0.6 is 0 Å². The van der Waals surface area contributed by atoms with E-state index in [4.69, 9.17) is 41.1 Å². The maximum Gasteiger partial charge on any atom is 0.208 e. The van der Waals surface area contributed by atoms with Crippen molar-refractivity contribution in [3.05, 3.63) is 53.6 Å². The molecule has 2 heterocycles. The summed E-state index contributed by atoms with van der Waals surface area (Å²) >= 11 is 0. The van der Waals surface area contributed by atoms with Gasteiger partial charge in [0.1, 0.15) is 29.6 Å². The van der Waals surface area contributed by atoms with E-state index >= 15 is 0 Å². The number of nitrogens with one attached hydrogen (secondary N) is 1. The molecule has 4 N–H and O–H groups in total. The van der Waals surface area contributed by atoms with Gasteiger partial charge >= 0.3 is 0 Å². The zero-order valence-electron chi connectivity index (χ0n) is 21.0. The molecule has 0 radical (unpaired) electrons. The van der Waals surface area contributed by atoms with Crippen LogP contribution in [0.5, 0.6) is 0 Å². The van der Waals surface area contributed by atoms with E-state index in [-0.39, 0.29) is 31.8 Å². The van der Waals surface area contributed by atoms with Crippen molar-refractivity contribution in [3.8, 4) is 0 Å². The Bertz CT molecular complexity index is 1100. The molecule has 0 aromatic heterocycles. The minimum absolute atomic E-state index is 0.128. The average molecular weight is 552 g/mol. The predicted molar refractivity (Wildman–Crippen MR) is 130 cm³/mol. The number of hydrogen-bond acceptors (Lipinski definition) is 12. The number of nitrogens with zero attached hydrogens (tertiary/aromatic N) is 12. The quantitative estimate of drug-likeness (QED) is 0.175. The Labute approximate surface area is 221 Å². The van der Waals surface area contributed by atoms with Crippen molar-refractivity contribution >= 4 is 0 Å². The molecule has 39 heavy (non-hydrogen) atoms. The van der Waals surface area contributed by atoms with Crippen molar-refractivity contribution in [1.82, 2.24) is 5.32 Å². The first-order valence-electron chi connectivity index (χ1n) is 11.9. The molecule has 20 nitrogen and oxygen atoms in total. The molecule has 1 saturated heterocycles. The zero-order chi connectivity index (χ0) is 28.6. The van der Waals surface area contributed by atoms with Gasteiger partial charge in [0.25, 0.3) is 0 Å². The molecule has 2 fully saturated rings. The third-order valence-electron chi connectivity index (χ3n) is 6.70. The molecule has 3 rings (SSSR count). The lowest BCUT2D eigenvalue weighted by Crippen LogP contribution is -2.67. The number of aliphatic hydroxyl groups excluding tert-OH is 2. The lowest BCUT2D eigenvalue weighted by Gasteiger charge is -2.48. The number of likely N-dealkylation sites (N-methyl/N-ethyl adjacent to an activating group) is 1. The molecule has 20 heteroatoms. The van der Waals surface area contributed by atoms with Gasteiger partial charge in [-0.15, -0.1) is 0 Å². The monoisotopic (exact) mass is 551 g/mol. The third kappa shape index (κ3) is 6.93. The van der Waals surface area contributed by atoms with Gasteiger partial charge in [0.05, 0.1) is 43.5 Å². The average Bonchev–Trinajstić information content (AvgIpc) is 2.90. The lowest BCUT2D eigenvalue weighted by atomic mass is 9.84. The summed E-state index contributed by atoms with van der Waals surface area (Å²) in [6.45, 7) is 1.10. The standard InChI is InChI=1S/C19H29N13O7/c1-19(35)7-36-18(13(34)16(19)24-2)39-15-11(28-32-23)5-10(27-31-22)14(12(15)33)38-17-9(26-30-21)4-3-8(37-17)6-25-29-20/h3,9-18,24,33-35H,4-7H2,1-2H3/t9-,10+,11-,12+,13-,14-,15+,16-,17-,18-,19+/m1/s1. The maximum atomic E-state index is 11.4. The predicted octanol–water partition coefficient (Wildman–Crippen LogP) is 1.55. The topological polar surface area (TPSA) is 305 Å². The van der Waals surface area contributed by atoms with Gasteiger partial charge in [-0.3, -0.25) is 0 Å². The van der Waals surface area contributed by atoms with Gasteiger partial charge in [0.15, 0.2) is 6.29 Å². The maximum absolute atomic E-state index is 11.4. The Morgan fingerprint density at radius 1 is 0.974 bits per heavy atom. The van der Waals surface area contributed by atoms with Gasteiger partial charge in [-0.05, 0) is 55.0 Å². The highest BCUT2D eigenvalue weighted by Crippen LogP contribution is 2.35. The fourth-order valence-corrected chi connectivity index (χ4v) is 4.86. The Morgan fingerprint density at radius 2 is 1.56 bits per heavy atom. The van der Waals surface area contributed by atoms with Crippen molar-refractivity contribution in [2.75, 3.05) is 20.2 Å². The van der Waals surface area contributed by atoms with Crippen LogP contribution in [0.1, 0.15) is 19.8 Å². The van der Waals surface area contributed by atoms with Crippen molar-refractivity contribution in [2.45, 2.75) is 86.5 Å². The largest absolute Gasteiger partial charge is 0.469 e. The van der Waals surface area contributed by atoms with E-state index in [2.05, 4.69) is 45.4 Å². The molecular formula is C19H29N13O7. The second-order valence-corrected chi connectivity index (χ2v) is 9.32. The van der Waals surface area contributed by atoms with Crippen LogP contribution in [-0.2, 0) is 18.9 Å². The Balaban J connectivity index is 1.89. The van der Waals surface area contributed by atoms with Gasteiger partial charge in [-0.2, -0.15) is 0 Å². The Hall–Kier alpha value is -3.50. The van der Waals surface area contributed by atoms with Crippen LogP contribution in [0, 0.1) is 0 Å².